The Morgan fingerprint density at radius 1 is 1.04 bits per heavy atom. The Labute approximate surface area is 147 Å². The minimum atomic E-state index is -0.272. The lowest BCUT2D eigenvalue weighted by Crippen LogP contribution is -2.15. The molecule has 25 heavy (non-hydrogen) atoms. The molecule has 3 rings (SSSR count). The van der Waals surface area contributed by atoms with Gasteiger partial charge in [0.15, 0.2) is 5.76 Å². The Morgan fingerprint density at radius 3 is 2.40 bits per heavy atom. The van der Waals surface area contributed by atoms with Gasteiger partial charge < -0.3 is 14.5 Å². The van der Waals surface area contributed by atoms with Crippen LogP contribution in [0.25, 0.3) is 0 Å². The van der Waals surface area contributed by atoms with Crippen molar-refractivity contribution in [2.45, 2.75) is 27.4 Å². The van der Waals surface area contributed by atoms with Gasteiger partial charge in [-0.05, 0) is 50.1 Å². The number of para-hydroxylation sites is 1. The number of rotatable bonds is 5. The van der Waals surface area contributed by atoms with Crippen molar-refractivity contribution >= 4 is 11.6 Å². The molecule has 4 heteroatoms. The van der Waals surface area contributed by atoms with E-state index in [2.05, 4.69) is 5.32 Å². The second kappa shape index (κ2) is 7.26. The quantitative estimate of drug-likeness (QED) is 0.711. The number of anilines is 1. The molecule has 0 bridgehead atoms. The van der Waals surface area contributed by atoms with E-state index in [9.17, 15) is 4.79 Å². The summed E-state index contributed by atoms with van der Waals surface area (Å²) >= 11 is 0. The van der Waals surface area contributed by atoms with Crippen molar-refractivity contribution in [3.63, 3.8) is 0 Å². The van der Waals surface area contributed by atoms with Crippen LogP contribution in [0.3, 0.4) is 0 Å². The first-order valence-electron chi connectivity index (χ1n) is 8.18. The zero-order valence-corrected chi connectivity index (χ0v) is 14.6. The number of benzene rings is 2. The van der Waals surface area contributed by atoms with Crippen LogP contribution >= 0.6 is 0 Å². The van der Waals surface area contributed by atoms with Gasteiger partial charge in [0, 0.05) is 11.3 Å². The van der Waals surface area contributed by atoms with Gasteiger partial charge in [0.05, 0.1) is 6.26 Å². The van der Waals surface area contributed by atoms with Gasteiger partial charge in [0.2, 0.25) is 0 Å². The molecule has 1 heterocycles. The van der Waals surface area contributed by atoms with Gasteiger partial charge in [-0.15, -0.1) is 0 Å². The predicted octanol–water partition coefficient (Wildman–Crippen LogP) is 5.04. The summed E-state index contributed by atoms with van der Waals surface area (Å²) in [6.45, 7) is 6.28. The van der Waals surface area contributed by atoms with E-state index < -0.39 is 0 Å². The largest absolute Gasteiger partial charge is 0.489 e. The summed E-state index contributed by atoms with van der Waals surface area (Å²) < 4.78 is 11.1. The summed E-state index contributed by atoms with van der Waals surface area (Å²) in [6, 6.07) is 15.3. The topological polar surface area (TPSA) is 51.5 Å². The van der Waals surface area contributed by atoms with Crippen molar-refractivity contribution < 1.29 is 13.9 Å². The number of furan rings is 1. The highest BCUT2D eigenvalue weighted by molar-refractivity contribution is 6.04. The van der Waals surface area contributed by atoms with Gasteiger partial charge in [-0.2, -0.15) is 0 Å². The smallest absolute Gasteiger partial charge is 0.291 e. The molecule has 1 N–H and O–H groups in total. The molecule has 0 unspecified atom stereocenters. The highest BCUT2D eigenvalue weighted by Crippen LogP contribution is 2.24. The standard InChI is InChI=1S/C21H21NO3/c1-14-11-15(2)19(16(3)12-14)22-21(23)20-17(9-10-24-20)13-25-18-7-5-4-6-8-18/h4-12H,13H2,1-3H3,(H,22,23). The molecule has 0 saturated heterocycles. The van der Waals surface area contributed by atoms with E-state index >= 15 is 0 Å². The molecule has 1 aromatic heterocycles. The molecule has 0 spiro atoms. The lowest BCUT2D eigenvalue weighted by molar-refractivity contribution is 0.0993. The van der Waals surface area contributed by atoms with Gasteiger partial charge in [-0.25, -0.2) is 0 Å². The monoisotopic (exact) mass is 335 g/mol. The van der Waals surface area contributed by atoms with E-state index in [1.165, 1.54) is 11.8 Å². The fraction of sp³-hybridized carbons (Fsp3) is 0.190. The Kier molecular flexibility index (Phi) is 4.89. The minimum absolute atomic E-state index is 0.272. The molecule has 3 aromatic rings. The van der Waals surface area contributed by atoms with E-state index in [-0.39, 0.29) is 18.3 Å². The Morgan fingerprint density at radius 2 is 1.72 bits per heavy atom. The van der Waals surface area contributed by atoms with Gasteiger partial charge in [-0.1, -0.05) is 35.9 Å². The molecule has 0 atom stereocenters. The van der Waals surface area contributed by atoms with E-state index in [4.69, 9.17) is 9.15 Å². The van der Waals surface area contributed by atoms with Crippen LogP contribution in [0.2, 0.25) is 0 Å². The van der Waals surface area contributed by atoms with Crippen LogP contribution < -0.4 is 10.1 Å². The van der Waals surface area contributed by atoms with Crippen LogP contribution in [-0.4, -0.2) is 5.91 Å². The number of aryl methyl sites for hydroxylation is 3. The third-order valence-corrected chi connectivity index (χ3v) is 4.01. The van der Waals surface area contributed by atoms with Crippen molar-refractivity contribution in [3.05, 3.63) is 82.8 Å². The number of hydrogen-bond acceptors (Lipinski definition) is 3. The Hall–Kier alpha value is -3.01. The zero-order valence-electron chi connectivity index (χ0n) is 14.6. The van der Waals surface area contributed by atoms with E-state index in [1.54, 1.807) is 6.07 Å². The van der Waals surface area contributed by atoms with Gasteiger partial charge >= 0.3 is 0 Å². The average Bonchev–Trinajstić information content (AvgIpc) is 3.05. The number of amides is 1. The fourth-order valence-corrected chi connectivity index (χ4v) is 2.87. The molecule has 0 radical (unpaired) electrons. The lowest BCUT2D eigenvalue weighted by Gasteiger charge is -2.12. The van der Waals surface area contributed by atoms with Crippen molar-refractivity contribution in [1.82, 2.24) is 0 Å². The summed E-state index contributed by atoms with van der Waals surface area (Å²) in [5.74, 6) is 0.752. The predicted molar refractivity (Wildman–Crippen MR) is 98.1 cm³/mol. The molecule has 2 aromatic carbocycles. The first-order chi connectivity index (χ1) is 12.0. The summed E-state index contributed by atoms with van der Waals surface area (Å²) in [7, 11) is 0. The second-order valence-corrected chi connectivity index (χ2v) is 6.10. The van der Waals surface area contributed by atoms with Gasteiger partial charge in [0.25, 0.3) is 5.91 Å². The first-order valence-corrected chi connectivity index (χ1v) is 8.18. The van der Waals surface area contributed by atoms with Crippen LogP contribution in [0, 0.1) is 20.8 Å². The summed E-state index contributed by atoms with van der Waals surface area (Å²) in [5.41, 5.74) is 4.76. The SMILES string of the molecule is Cc1cc(C)c(NC(=O)c2occc2COc2ccccc2)c(C)c1. The first kappa shape index (κ1) is 16.8. The van der Waals surface area contributed by atoms with Crippen LogP contribution in [0.1, 0.15) is 32.8 Å². The second-order valence-electron chi connectivity index (χ2n) is 6.10. The highest BCUT2D eigenvalue weighted by atomic mass is 16.5. The summed E-state index contributed by atoms with van der Waals surface area (Å²) in [4.78, 5) is 12.6. The van der Waals surface area contributed by atoms with Gasteiger partial charge in [0.1, 0.15) is 12.4 Å². The van der Waals surface area contributed by atoms with Crippen LogP contribution in [0.4, 0.5) is 5.69 Å². The molecule has 0 fully saturated rings. The van der Waals surface area contributed by atoms with E-state index in [0.717, 1.165) is 22.6 Å². The maximum absolute atomic E-state index is 12.6. The molecule has 4 nitrogen and oxygen atoms in total. The van der Waals surface area contributed by atoms with Crippen molar-refractivity contribution in [1.29, 1.82) is 0 Å². The number of nitrogens with one attached hydrogen (secondary N) is 1. The molecule has 0 aliphatic heterocycles. The van der Waals surface area contributed by atoms with Crippen LogP contribution in [0.5, 0.6) is 5.75 Å². The average molecular weight is 335 g/mol. The summed E-state index contributed by atoms with van der Waals surface area (Å²) in [5, 5.41) is 2.96. The van der Waals surface area contributed by atoms with Crippen LogP contribution in [-0.2, 0) is 6.61 Å². The fourth-order valence-electron chi connectivity index (χ4n) is 2.87. The normalized spacial score (nSPS) is 10.5. The summed E-state index contributed by atoms with van der Waals surface area (Å²) in [6.07, 6.45) is 1.51. The molecule has 0 aliphatic rings. The molecule has 0 aliphatic carbocycles. The molecular formula is C21H21NO3. The van der Waals surface area contributed by atoms with Crippen molar-refractivity contribution in [2.75, 3.05) is 5.32 Å². The third kappa shape index (κ3) is 3.91. The third-order valence-electron chi connectivity index (χ3n) is 4.01. The zero-order chi connectivity index (χ0) is 17.8. The van der Waals surface area contributed by atoms with Gasteiger partial charge in [-0.3, -0.25) is 4.79 Å². The minimum Gasteiger partial charge on any atom is -0.489 e. The molecular weight excluding hydrogens is 314 g/mol. The lowest BCUT2D eigenvalue weighted by atomic mass is 10.0. The highest BCUT2D eigenvalue weighted by Gasteiger charge is 2.18. The number of carbonyl (C=O) groups excluding carboxylic acids is 1. The number of carbonyl (C=O) groups is 1. The Balaban J connectivity index is 1.75. The maximum Gasteiger partial charge on any atom is 0.291 e. The molecule has 0 saturated carbocycles. The van der Waals surface area contributed by atoms with Crippen molar-refractivity contribution in [3.8, 4) is 5.75 Å². The van der Waals surface area contributed by atoms with E-state index in [0.29, 0.717) is 5.56 Å². The molecule has 128 valence electrons. The Bertz CT molecular complexity index is 858. The maximum atomic E-state index is 12.6. The number of ether oxygens (including phenoxy) is 1. The number of hydrogen-bond donors (Lipinski definition) is 1. The van der Waals surface area contributed by atoms with Crippen LogP contribution in [0.15, 0.2) is 59.2 Å². The van der Waals surface area contributed by atoms with E-state index in [1.807, 2.05) is 63.2 Å². The molecule has 1 amide bonds. The van der Waals surface area contributed by atoms with Crippen molar-refractivity contribution in [2.24, 2.45) is 0 Å².